The summed E-state index contributed by atoms with van der Waals surface area (Å²) in [6, 6.07) is 9.77. The Kier molecular flexibility index (Phi) is 4.36. The normalized spacial score (nSPS) is 9.71. The maximum atomic E-state index is 11.2. The monoisotopic (exact) mass is 284 g/mol. The van der Waals surface area contributed by atoms with E-state index < -0.39 is 5.97 Å². The molecule has 0 aliphatic heterocycles. The molecule has 1 aromatic heterocycles. The van der Waals surface area contributed by atoms with Gasteiger partial charge in [-0.05, 0) is 35.9 Å². The smallest absolute Gasteiger partial charge is 0.339 e. The number of methoxy groups -OCH3 is 1. The minimum absolute atomic E-state index is 0.0175. The Balaban J connectivity index is 2.19. The molecular weight excluding hydrogens is 272 g/mol. The summed E-state index contributed by atoms with van der Waals surface area (Å²) in [6.45, 7) is 0.143. The van der Waals surface area contributed by atoms with Crippen LogP contribution >= 0.6 is 0 Å². The minimum Gasteiger partial charge on any atom is -0.497 e. The molecule has 0 bridgehead atoms. The zero-order valence-corrected chi connectivity index (χ0v) is 11.2. The van der Waals surface area contributed by atoms with Gasteiger partial charge in [-0.25, -0.2) is 9.78 Å². The van der Waals surface area contributed by atoms with Crippen molar-refractivity contribution in [3.8, 4) is 17.6 Å². The van der Waals surface area contributed by atoms with Gasteiger partial charge >= 0.3 is 5.97 Å². The molecule has 1 aromatic carbocycles. The van der Waals surface area contributed by atoms with Crippen LogP contribution in [0.1, 0.15) is 21.6 Å². The first-order chi connectivity index (χ1) is 10.1. The molecule has 6 heteroatoms. The number of nitrogens with zero attached hydrogens (tertiary/aromatic N) is 2. The van der Waals surface area contributed by atoms with Gasteiger partial charge in [-0.2, -0.15) is 5.26 Å². The first-order valence-corrected chi connectivity index (χ1v) is 6.03. The summed E-state index contributed by atoms with van der Waals surface area (Å²) < 4.78 is 10.5. The van der Waals surface area contributed by atoms with E-state index in [2.05, 4.69) is 4.98 Å². The highest BCUT2D eigenvalue weighted by molar-refractivity contribution is 5.91. The van der Waals surface area contributed by atoms with Crippen molar-refractivity contribution in [2.45, 2.75) is 6.61 Å². The molecule has 0 aliphatic rings. The van der Waals surface area contributed by atoms with Crippen LogP contribution in [0.25, 0.3) is 0 Å². The number of hydrogen-bond acceptors (Lipinski definition) is 5. The summed E-state index contributed by atoms with van der Waals surface area (Å²) in [6.07, 6.45) is 1.50. The van der Waals surface area contributed by atoms with Crippen LogP contribution in [-0.4, -0.2) is 23.2 Å². The Hall–Kier alpha value is -3.07. The van der Waals surface area contributed by atoms with Gasteiger partial charge in [-0.1, -0.05) is 0 Å². The predicted molar refractivity (Wildman–Crippen MR) is 73.2 cm³/mol. The summed E-state index contributed by atoms with van der Waals surface area (Å²) in [5, 5.41) is 18.0. The van der Waals surface area contributed by atoms with Crippen LogP contribution in [0, 0.1) is 11.3 Å². The lowest BCUT2D eigenvalue weighted by atomic mass is 10.2. The number of rotatable bonds is 5. The van der Waals surface area contributed by atoms with Crippen LogP contribution in [0.4, 0.5) is 0 Å². The Morgan fingerprint density at radius 3 is 2.86 bits per heavy atom. The number of ether oxygens (including phenoxy) is 2. The highest BCUT2D eigenvalue weighted by Gasteiger charge is 2.13. The van der Waals surface area contributed by atoms with Gasteiger partial charge in [-0.15, -0.1) is 0 Å². The molecule has 2 aromatic rings. The van der Waals surface area contributed by atoms with Gasteiger partial charge in [0.2, 0.25) is 0 Å². The first kappa shape index (κ1) is 14.3. The van der Waals surface area contributed by atoms with Crippen LogP contribution < -0.4 is 9.47 Å². The van der Waals surface area contributed by atoms with Gasteiger partial charge in [0.25, 0.3) is 0 Å². The fourth-order valence-electron chi connectivity index (χ4n) is 1.72. The van der Waals surface area contributed by atoms with Gasteiger partial charge in [0.1, 0.15) is 35.4 Å². The van der Waals surface area contributed by atoms with Crippen LogP contribution in [0.5, 0.6) is 11.5 Å². The molecule has 0 spiro atoms. The van der Waals surface area contributed by atoms with E-state index in [9.17, 15) is 9.90 Å². The fraction of sp³-hybridized carbons (Fsp3) is 0.133. The molecule has 1 heterocycles. The highest BCUT2D eigenvalue weighted by atomic mass is 16.5. The number of benzene rings is 1. The lowest BCUT2D eigenvalue weighted by Gasteiger charge is -2.10. The average Bonchev–Trinajstić information content (AvgIpc) is 2.52. The second-order valence-electron chi connectivity index (χ2n) is 4.12. The van der Waals surface area contributed by atoms with E-state index in [1.807, 2.05) is 6.07 Å². The zero-order chi connectivity index (χ0) is 15.2. The third kappa shape index (κ3) is 3.48. The molecule has 21 heavy (non-hydrogen) atoms. The summed E-state index contributed by atoms with van der Waals surface area (Å²) in [7, 11) is 1.46. The van der Waals surface area contributed by atoms with Crippen LogP contribution in [0.3, 0.4) is 0 Å². The summed E-state index contributed by atoms with van der Waals surface area (Å²) in [5.41, 5.74) is 1.03. The number of nitriles is 1. The maximum Gasteiger partial charge on any atom is 0.339 e. The largest absolute Gasteiger partial charge is 0.497 e. The van der Waals surface area contributed by atoms with Gasteiger partial charge in [0, 0.05) is 6.20 Å². The van der Waals surface area contributed by atoms with Gasteiger partial charge in [0.05, 0.1) is 7.11 Å². The number of aromatic carboxylic acids is 1. The number of carboxylic acids is 1. The van der Waals surface area contributed by atoms with E-state index in [1.165, 1.54) is 25.4 Å². The fourth-order valence-corrected chi connectivity index (χ4v) is 1.72. The van der Waals surface area contributed by atoms with E-state index in [0.717, 1.165) is 5.56 Å². The minimum atomic E-state index is -1.10. The number of pyridine rings is 1. The number of hydrogen-bond donors (Lipinski definition) is 1. The second-order valence-corrected chi connectivity index (χ2v) is 4.12. The number of carboxylic acid groups (broad SMARTS) is 1. The molecule has 0 fully saturated rings. The molecule has 0 saturated heterocycles. The van der Waals surface area contributed by atoms with E-state index in [1.54, 1.807) is 18.2 Å². The lowest BCUT2D eigenvalue weighted by molar-refractivity contribution is 0.0691. The second kappa shape index (κ2) is 6.39. The molecule has 106 valence electrons. The van der Waals surface area contributed by atoms with Crippen molar-refractivity contribution in [1.29, 1.82) is 5.26 Å². The predicted octanol–water partition coefficient (Wildman–Crippen LogP) is 2.24. The van der Waals surface area contributed by atoms with Gasteiger partial charge in [-0.3, -0.25) is 0 Å². The zero-order valence-electron chi connectivity index (χ0n) is 11.2. The van der Waals surface area contributed by atoms with Crippen molar-refractivity contribution >= 4 is 5.97 Å². The number of aromatic nitrogens is 1. The Morgan fingerprint density at radius 2 is 2.19 bits per heavy atom. The van der Waals surface area contributed by atoms with Crippen molar-refractivity contribution in [3.63, 3.8) is 0 Å². The first-order valence-electron chi connectivity index (χ1n) is 6.03. The molecule has 0 radical (unpaired) electrons. The Bertz CT molecular complexity index is 707. The summed E-state index contributed by atoms with van der Waals surface area (Å²) in [5.74, 6) is -0.426. The summed E-state index contributed by atoms with van der Waals surface area (Å²) >= 11 is 0. The van der Waals surface area contributed by atoms with E-state index >= 15 is 0 Å². The SMILES string of the molecule is COc1ccc(OCc2ccnc(C#N)c2)c(C(=O)O)c1. The van der Waals surface area contributed by atoms with Crippen molar-refractivity contribution in [2.75, 3.05) is 7.11 Å². The molecule has 0 aliphatic carbocycles. The summed E-state index contributed by atoms with van der Waals surface area (Å²) in [4.78, 5) is 15.1. The van der Waals surface area contributed by atoms with E-state index in [-0.39, 0.29) is 23.6 Å². The quantitative estimate of drug-likeness (QED) is 0.905. The lowest BCUT2D eigenvalue weighted by Crippen LogP contribution is -2.04. The number of carbonyl (C=O) groups is 1. The maximum absolute atomic E-state index is 11.2. The van der Waals surface area contributed by atoms with Gasteiger partial charge in [0.15, 0.2) is 0 Å². The molecule has 1 N–H and O–H groups in total. The molecule has 6 nitrogen and oxygen atoms in total. The van der Waals surface area contributed by atoms with Crippen LogP contribution in [0.15, 0.2) is 36.5 Å². The van der Waals surface area contributed by atoms with Crippen molar-refractivity contribution < 1.29 is 19.4 Å². The third-order valence-corrected chi connectivity index (χ3v) is 2.75. The molecule has 0 unspecified atom stereocenters. The highest BCUT2D eigenvalue weighted by Crippen LogP contribution is 2.25. The topological polar surface area (TPSA) is 92.4 Å². The van der Waals surface area contributed by atoms with Crippen LogP contribution in [0.2, 0.25) is 0 Å². The molecule has 0 amide bonds. The van der Waals surface area contributed by atoms with Crippen LogP contribution in [-0.2, 0) is 6.61 Å². The average molecular weight is 284 g/mol. The molecule has 0 atom stereocenters. The standard InChI is InChI=1S/C15H12N2O4/c1-20-12-2-3-14(13(7-12)15(18)19)21-9-10-4-5-17-11(6-10)8-16/h2-7H,9H2,1H3,(H,18,19). The third-order valence-electron chi connectivity index (χ3n) is 2.75. The van der Waals surface area contributed by atoms with E-state index in [4.69, 9.17) is 14.7 Å². The van der Waals surface area contributed by atoms with Crippen molar-refractivity contribution in [1.82, 2.24) is 4.98 Å². The van der Waals surface area contributed by atoms with Crippen molar-refractivity contribution in [3.05, 3.63) is 53.3 Å². The molecule has 0 saturated carbocycles. The van der Waals surface area contributed by atoms with Gasteiger partial charge < -0.3 is 14.6 Å². The Labute approximate surface area is 121 Å². The molecule has 2 rings (SSSR count). The van der Waals surface area contributed by atoms with Crippen molar-refractivity contribution in [2.24, 2.45) is 0 Å². The Morgan fingerprint density at radius 1 is 1.38 bits per heavy atom. The molecular formula is C15H12N2O4. The van der Waals surface area contributed by atoms with E-state index in [0.29, 0.717) is 5.75 Å².